The van der Waals surface area contributed by atoms with Gasteiger partial charge in [-0.1, -0.05) is 30.3 Å². The summed E-state index contributed by atoms with van der Waals surface area (Å²) in [5.74, 6) is 1.63. The van der Waals surface area contributed by atoms with Crippen LogP contribution in [0.1, 0.15) is 10.4 Å². The summed E-state index contributed by atoms with van der Waals surface area (Å²) >= 11 is 0. The maximum absolute atomic E-state index is 12.5. The van der Waals surface area contributed by atoms with Crippen molar-refractivity contribution >= 4 is 22.6 Å². The van der Waals surface area contributed by atoms with Crippen LogP contribution < -0.4 is 14.8 Å². The van der Waals surface area contributed by atoms with Crippen molar-refractivity contribution in [2.24, 2.45) is 0 Å². The van der Waals surface area contributed by atoms with Crippen LogP contribution in [0.15, 0.2) is 60.7 Å². The average molecular weight is 374 g/mol. The van der Waals surface area contributed by atoms with Crippen LogP contribution in [0.3, 0.4) is 0 Å². The molecule has 0 unspecified atom stereocenters. The highest BCUT2D eigenvalue weighted by atomic mass is 16.5. The van der Waals surface area contributed by atoms with Gasteiger partial charge >= 0.3 is 0 Å². The first-order valence-electron chi connectivity index (χ1n) is 8.63. The second-order valence-corrected chi connectivity index (χ2v) is 6.09. The SMILES string of the molecule is COc1ccc(-c2nc(NC(=O)c3ccc4ccccc4c3)n[nH]2)cc1OC. The number of fused-ring (bicyclic) bond motifs is 1. The molecule has 4 rings (SSSR count). The quantitative estimate of drug-likeness (QED) is 0.553. The van der Waals surface area contributed by atoms with Crippen molar-refractivity contribution < 1.29 is 14.3 Å². The number of rotatable bonds is 5. The number of amides is 1. The Morgan fingerprint density at radius 2 is 1.71 bits per heavy atom. The molecular weight excluding hydrogens is 356 g/mol. The van der Waals surface area contributed by atoms with Gasteiger partial charge in [-0.25, -0.2) is 0 Å². The first kappa shape index (κ1) is 17.5. The highest BCUT2D eigenvalue weighted by Gasteiger charge is 2.13. The zero-order chi connectivity index (χ0) is 19.5. The smallest absolute Gasteiger partial charge is 0.258 e. The molecule has 28 heavy (non-hydrogen) atoms. The van der Waals surface area contributed by atoms with Gasteiger partial charge in [-0.15, -0.1) is 5.10 Å². The Hall–Kier alpha value is -3.87. The molecule has 7 nitrogen and oxygen atoms in total. The number of aromatic nitrogens is 3. The van der Waals surface area contributed by atoms with Gasteiger partial charge in [0.25, 0.3) is 5.91 Å². The van der Waals surface area contributed by atoms with Crippen LogP contribution in [-0.2, 0) is 0 Å². The van der Waals surface area contributed by atoms with E-state index < -0.39 is 0 Å². The number of hydrogen-bond donors (Lipinski definition) is 2. The molecule has 1 amide bonds. The molecule has 140 valence electrons. The fourth-order valence-corrected chi connectivity index (χ4v) is 2.93. The van der Waals surface area contributed by atoms with E-state index in [4.69, 9.17) is 9.47 Å². The Morgan fingerprint density at radius 3 is 2.50 bits per heavy atom. The van der Waals surface area contributed by atoms with Gasteiger partial charge in [0.1, 0.15) is 0 Å². The number of carbonyl (C=O) groups excluding carboxylic acids is 1. The summed E-state index contributed by atoms with van der Waals surface area (Å²) in [6.45, 7) is 0. The zero-order valence-electron chi connectivity index (χ0n) is 15.4. The predicted octanol–water partition coefficient (Wildman–Crippen LogP) is 3.89. The molecule has 0 atom stereocenters. The molecule has 0 radical (unpaired) electrons. The summed E-state index contributed by atoms with van der Waals surface area (Å²) in [6.07, 6.45) is 0. The third-order valence-corrected chi connectivity index (χ3v) is 4.38. The number of anilines is 1. The molecular formula is C21H18N4O3. The number of H-pyrrole nitrogens is 1. The van der Waals surface area contributed by atoms with Gasteiger partial charge in [-0.2, -0.15) is 4.98 Å². The molecule has 0 spiro atoms. The Balaban J connectivity index is 1.55. The van der Waals surface area contributed by atoms with Gasteiger partial charge in [0.2, 0.25) is 5.95 Å². The lowest BCUT2D eigenvalue weighted by Crippen LogP contribution is -2.12. The van der Waals surface area contributed by atoms with E-state index in [-0.39, 0.29) is 11.9 Å². The van der Waals surface area contributed by atoms with E-state index in [2.05, 4.69) is 20.5 Å². The lowest BCUT2D eigenvalue weighted by molar-refractivity contribution is 0.102. The number of methoxy groups -OCH3 is 2. The molecule has 0 bridgehead atoms. The molecule has 0 saturated carbocycles. The van der Waals surface area contributed by atoms with Crippen LogP contribution in [0.2, 0.25) is 0 Å². The largest absolute Gasteiger partial charge is 0.493 e. The van der Waals surface area contributed by atoms with Gasteiger partial charge in [-0.3, -0.25) is 15.2 Å². The lowest BCUT2D eigenvalue weighted by atomic mass is 10.1. The van der Waals surface area contributed by atoms with Crippen LogP contribution in [0.4, 0.5) is 5.95 Å². The fourth-order valence-electron chi connectivity index (χ4n) is 2.93. The summed E-state index contributed by atoms with van der Waals surface area (Å²) in [5.41, 5.74) is 1.30. The van der Waals surface area contributed by atoms with E-state index in [0.29, 0.717) is 22.9 Å². The lowest BCUT2D eigenvalue weighted by Gasteiger charge is -2.08. The number of nitrogens with zero attached hydrogens (tertiary/aromatic N) is 2. The minimum Gasteiger partial charge on any atom is -0.493 e. The van der Waals surface area contributed by atoms with E-state index >= 15 is 0 Å². The molecule has 0 aliphatic carbocycles. The molecule has 1 aromatic heterocycles. The Kier molecular flexibility index (Phi) is 4.63. The van der Waals surface area contributed by atoms with Gasteiger partial charge in [0.15, 0.2) is 17.3 Å². The Morgan fingerprint density at radius 1 is 0.929 bits per heavy atom. The first-order valence-corrected chi connectivity index (χ1v) is 8.63. The van der Waals surface area contributed by atoms with E-state index in [9.17, 15) is 4.79 Å². The number of benzene rings is 3. The van der Waals surface area contributed by atoms with E-state index in [1.54, 1.807) is 32.4 Å². The molecule has 3 aromatic carbocycles. The minimum absolute atomic E-state index is 0.197. The molecule has 2 N–H and O–H groups in total. The average Bonchev–Trinajstić information content (AvgIpc) is 3.21. The van der Waals surface area contributed by atoms with Crippen molar-refractivity contribution in [1.82, 2.24) is 15.2 Å². The maximum Gasteiger partial charge on any atom is 0.258 e. The monoisotopic (exact) mass is 374 g/mol. The molecule has 0 aliphatic rings. The van der Waals surface area contributed by atoms with Gasteiger partial charge in [0.05, 0.1) is 14.2 Å². The van der Waals surface area contributed by atoms with Crippen molar-refractivity contribution in [3.8, 4) is 22.9 Å². The topological polar surface area (TPSA) is 89.1 Å². The third kappa shape index (κ3) is 3.37. The van der Waals surface area contributed by atoms with Crippen LogP contribution >= 0.6 is 0 Å². The van der Waals surface area contributed by atoms with Gasteiger partial charge in [-0.05, 0) is 41.1 Å². The van der Waals surface area contributed by atoms with Crippen LogP contribution in [0.25, 0.3) is 22.2 Å². The Labute approximate surface area is 161 Å². The predicted molar refractivity (Wildman–Crippen MR) is 107 cm³/mol. The van der Waals surface area contributed by atoms with Crippen LogP contribution in [-0.4, -0.2) is 35.3 Å². The summed E-state index contributed by atoms with van der Waals surface area (Å²) in [4.78, 5) is 16.9. The van der Waals surface area contributed by atoms with Crippen molar-refractivity contribution in [1.29, 1.82) is 0 Å². The summed E-state index contributed by atoms with van der Waals surface area (Å²) in [7, 11) is 3.14. The van der Waals surface area contributed by atoms with Gasteiger partial charge in [0, 0.05) is 11.1 Å². The van der Waals surface area contributed by atoms with Crippen molar-refractivity contribution in [2.45, 2.75) is 0 Å². The number of ether oxygens (including phenoxy) is 2. The van der Waals surface area contributed by atoms with Crippen molar-refractivity contribution in [3.05, 3.63) is 66.2 Å². The van der Waals surface area contributed by atoms with Crippen molar-refractivity contribution in [2.75, 3.05) is 19.5 Å². The van der Waals surface area contributed by atoms with Crippen molar-refractivity contribution in [3.63, 3.8) is 0 Å². The standard InChI is InChI=1S/C21H18N4O3/c1-27-17-10-9-15(12-18(17)28-2)19-22-21(25-24-19)23-20(26)16-8-7-13-5-3-4-6-14(13)11-16/h3-12H,1-2H3,(H2,22,23,24,25,26). The highest BCUT2D eigenvalue weighted by molar-refractivity contribution is 6.05. The number of carbonyl (C=O) groups is 1. The number of nitrogens with one attached hydrogen (secondary N) is 2. The molecule has 0 saturated heterocycles. The number of aromatic amines is 1. The minimum atomic E-state index is -0.274. The fraction of sp³-hybridized carbons (Fsp3) is 0.0952. The first-order chi connectivity index (χ1) is 13.7. The van der Waals surface area contributed by atoms with Crippen LogP contribution in [0.5, 0.6) is 11.5 Å². The molecule has 1 heterocycles. The number of hydrogen-bond acceptors (Lipinski definition) is 5. The van der Waals surface area contributed by atoms with Gasteiger partial charge < -0.3 is 9.47 Å². The summed E-state index contributed by atoms with van der Waals surface area (Å²) in [6, 6.07) is 18.8. The third-order valence-electron chi connectivity index (χ3n) is 4.38. The Bertz CT molecular complexity index is 1150. The zero-order valence-corrected chi connectivity index (χ0v) is 15.4. The second kappa shape index (κ2) is 7.40. The van der Waals surface area contributed by atoms with E-state index in [1.807, 2.05) is 42.5 Å². The van der Waals surface area contributed by atoms with Crippen LogP contribution in [0, 0.1) is 0 Å². The molecule has 7 heteroatoms. The second-order valence-electron chi connectivity index (χ2n) is 6.09. The molecule has 0 fully saturated rings. The highest BCUT2D eigenvalue weighted by Crippen LogP contribution is 2.31. The summed E-state index contributed by atoms with van der Waals surface area (Å²) in [5, 5.41) is 11.7. The normalized spacial score (nSPS) is 10.6. The van der Waals surface area contributed by atoms with E-state index in [1.165, 1.54) is 0 Å². The summed E-state index contributed by atoms with van der Waals surface area (Å²) < 4.78 is 10.5. The molecule has 4 aromatic rings. The molecule has 0 aliphatic heterocycles. The maximum atomic E-state index is 12.5. The van der Waals surface area contributed by atoms with E-state index in [0.717, 1.165) is 16.3 Å².